The lowest BCUT2D eigenvalue weighted by Crippen LogP contribution is -2.19. The molecule has 0 spiro atoms. The summed E-state index contributed by atoms with van der Waals surface area (Å²) < 4.78 is 0. The van der Waals surface area contributed by atoms with Crippen molar-refractivity contribution in [3.63, 3.8) is 0 Å². The molecule has 1 atom stereocenters. The fraction of sp³-hybridized carbons (Fsp3) is 0.111. The van der Waals surface area contributed by atoms with E-state index in [2.05, 4.69) is 25.7 Å². The molecule has 6 nitrogen and oxygen atoms in total. The predicted octanol–water partition coefficient (Wildman–Crippen LogP) is 3.18. The number of amides is 1. The highest BCUT2D eigenvalue weighted by molar-refractivity contribution is 7.99. The van der Waals surface area contributed by atoms with Gasteiger partial charge in [-0.15, -0.1) is 0 Å². The molecular weight excluding hydrogens is 334 g/mol. The van der Waals surface area contributed by atoms with Crippen LogP contribution >= 0.6 is 11.8 Å². The molecule has 0 saturated carbocycles. The number of carbonyl (C=O) groups is 1. The molecular formula is C18H17N5OS. The quantitative estimate of drug-likeness (QED) is 0.389. The monoisotopic (exact) mass is 351 g/mol. The van der Waals surface area contributed by atoms with E-state index in [1.807, 2.05) is 60.7 Å². The average Bonchev–Trinajstić information content (AvgIpc) is 3.16. The first-order chi connectivity index (χ1) is 12.3. The van der Waals surface area contributed by atoms with E-state index in [1.54, 1.807) is 6.21 Å². The van der Waals surface area contributed by atoms with Crippen LogP contribution in [0.1, 0.15) is 22.8 Å². The van der Waals surface area contributed by atoms with Crippen molar-refractivity contribution >= 4 is 23.9 Å². The lowest BCUT2D eigenvalue weighted by atomic mass is 10.1. The van der Waals surface area contributed by atoms with Gasteiger partial charge in [-0.25, -0.2) is 10.4 Å². The number of nitrogens with one attached hydrogen (secondary N) is 2. The fourth-order valence-electron chi connectivity index (χ4n) is 2.21. The van der Waals surface area contributed by atoms with Gasteiger partial charge >= 0.3 is 0 Å². The summed E-state index contributed by atoms with van der Waals surface area (Å²) >= 11 is 1.46. The molecule has 0 aliphatic heterocycles. The first kappa shape index (κ1) is 16.9. The lowest BCUT2D eigenvalue weighted by molar-refractivity contribution is -0.121. The highest BCUT2D eigenvalue weighted by Crippen LogP contribution is 2.35. The second-order valence-electron chi connectivity index (χ2n) is 5.22. The maximum atomic E-state index is 12.3. The van der Waals surface area contributed by atoms with Crippen LogP contribution in [0.25, 0.3) is 0 Å². The Morgan fingerprint density at radius 2 is 1.88 bits per heavy atom. The molecule has 126 valence electrons. The summed E-state index contributed by atoms with van der Waals surface area (Å²) in [5.41, 5.74) is 4.56. The van der Waals surface area contributed by atoms with Crippen LogP contribution in [0, 0.1) is 0 Å². The second kappa shape index (κ2) is 8.79. The Balaban J connectivity index is 1.63. The van der Waals surface area contributed by atoms with Crippen LogP contribution in [0.2, 0.25) is 0 Å². The molecule has 7 heteroatoms. The number of hydrogen-bond acceptors (Lipinski definition) is 5. The standard InChI is InChI=1S/C18H17N5OS/c24-17(22-20-12-14-7-3-1-4-8-14)11-16(15-9-5-2-6-10-15)25-18-19-13-21-23-18/h1-10,12-13,16H,11H2,(H,22,24)(H,19,21,23). The summed E-state index contributed by atoms with van der Waals surface area (Å²) in [6, 6.07) is 19.5. The van der Waals surface area contributed by atoms with Gasteiger partial charge in [-0.05, 0) is 11.1 Å². The van der Waals surface area contributed by atoms with Crippen molar-refractivity contribution in [2.75, 3.05) is 0 Å². The summed E-state index contributed by atoms with van der Waals surface area (Å²) in [6.45, 7) is 0. The molecule has 1 amide bonds. The summed E-state index contributed by atoms with van der Waals surface area (Å²) in [7, 11) is 0. The van der Waals surface area contributed by atoms with Gasteiger partial charge < -0.3 is 0 Å². The maximum Gasteiger partial charge on any atom is 0.241 e. The molecule has 3 rings (SSSR count). The van der Waals surface area contributed by atoms with Gasteiger partial charge in [0.2, 0.25) is 5.91 Å². The van der Waals surface area contributed by atoms with E-state index >= 15 is 0 Å². The van der Waals surface area contributed by atoms with Crippen molar-refractivity contribution in [1.29, 1.82) is 0 Å². The lowest BCUT2D eigenvalue weighted by Gasteiger charge is -2.14. The van der Waals surface area contributed by atoms with Gasteiger partial charge in [0, 0.05) is 11.7 Å². The van der Waals surface area contributed by atoms with E-state index < -0.39 is 0 Å². The molecule has 1 heterocycles. The van der Waals surface area contributed by atoms with Gasteiger partial charge in [0.1, 0.15) is 6.33 Å². The van der Waals surface area contributed by atoms with Crippen LogP contribution in [-0.2, 0) is 4.79 Å². The molecule has 2 N–H and O–H groups in total. The molecule has 1 unspecified atom stereocenters. The molecule has 3 aromatic rings. The van der Waals surface area contributed by atoms with Gasteiger partial charge in [0.15, 0.2) is 5.16 Å². The van der Waals surface area contributed by atoms with E-state index in [9.17, 15) is 4.79 Å². The Labute approximate surface area is 149 Å². The van der Waals surface area contributed by atoms with Crippen LogP contribution in [0.5, 0.6) is 0 Å². The topological polar surface area (TPSA) is 83.0 Å². The molecule has 25 heavy (non-hydrogen) atoms. The Bertz CT molecular complexity index is 806. The third-order valence-electron chi connectivity index (χ3n) is 3.39. The molecule has 0 saturated heterocycles. The minimum Gasteiger partial charge on any atom is -0.273 e. The van der Waals surface area contributed by atoms with Crippen molar-refractivity contribution in [3.8, 4) is 0 Å². The van der Waals surface area contributed by atoms with Gasteiger partial charge in [0.05, 0.1) is 6.21 Å². The maximum absolute atomic E-state index is 12.3. The van der Waals surface area contributed by atoms with Crippen molar-refractivity contribution in [3.05, 3.63) is 78.1 Å². The Hall–Kier alpha value is -2.93. The number of hydrogen-bond donors (Lipinski definition) is 2. The van der Waals surface area contributed by atoms with Crippen molar-refractivity contribution in [2.45, 2.75) is 16.8 Å². The third-order valence-corrected chi connectivity index (χ3v) is 4.53. The summed E-state index contributed by atoms with van der Waals surface area (Å²) in [6.07, 6.45) is 3.36. The van der Waals surface area contributed by atoms with Gasteiger partial charge in [0.25, 0.3) is 0 Å². The first-order valence-corrected chi connectivity index (χ1v) is 8.63. The number of nitrogens with zero attached hydrogens (tertiary/aromatic N) is 3. The normalized spacial score (nSPS) is 12.2. The highest BCUT2D eigenvalue weighted by atomic mass is 32.2. The number of rotatable bonds is 7. The van der Waals surface area contributed by atoms with Crippen LogP contribution in [0.15, 0.2) is 77.2 Å². The zero-order valence-corrected chi connectivity index (χ0v) is 14.2. The smallest absolute Gasteiger partial charge is 0.241 e. The Morgan fingerprint density at radius 1 is 1.16 bits per heavy atom. The van der Waals surface area contributed by atoms with E-state index in [4.69, 9.17) is 0 Å². The highest BCUT2D eigenvalue weighted by Gasteiger charge is 2.18. The molecule has 1 aromatic heterocycles. The SMILES string of the molecule is O=C(CC(Sc1ncn[nH]1)c1ccccc1)NN=Cc1ccccc1. The summed E-state index contributed by atoms with van der Waals surface area (Å²) in [4.78, 5) is 16.4. The minimum atomic E-state index is -0.159. The molecule has 0 bridgehead atoms. The number of aromatic nitrogens is 3. The van der Waals surface area contributed by atoms with Gasteiger partial charge in [-0.1, -0.05) is 72.4 Å². The van der Waals surface area contributed by atoms with Gasteiger partial charge in [-0.3, -0.25) is 9.89 Å². The van der Waals surface area contributed by atoms with Crippen LogP contribution in [-0.4, -0.2) is 27.3 Å². The summed E-state index contributed by atoms with van der Waals surface area (Å²) in [5.74, 6) is -0.159. The largest absolute Gasteiger partial charge is 0.273 e. The number of H-pyrrole nitrogens is 1. The second-order valence-corrected chi connectivity index (χ2v) is 6.41. The zero-order valence-electron chi connectivity index (χ0n) is 13.4. The Kier molecular flexibility index (Phi) is 5.95. The predicted molar refractivity (Wildman–Crippen MR) is 98.2 cm³/mol. The minimum absolute atomic E-state index is 0.0823. The van der Waals surface area contributed by atoms with Crippen molar-refractivity contribution in [1.82, 2.24) is 20.6 Å². The Morgan fingerprint density at radius 3 is 2.56 bits per heavy atom. The average molecular weight is 351 g/mol. The number of carbonyl (C=O) groups excluding carboxylic acids is 1. The molecule has 2 aromatic carbocycles. The molecule has 0 aliphatic carbocycles. The summed E-state index contributed by atoms with van der Waals surface area (Å²) in [5, 5.41) is 11.3. The van der Waals surface area contributed by atoms with Gasteiger partial charge in [-0.2, -0.15) is 10.2 Å². The number of benzene rings is 2. The van der Waals surface area contributed by atoms with E-state index in [1.165, 1.54) is 18.1 Å². The van der Waals surface area contributed by atoms with Crippen molar-refractivity contribution < 1.29 is 4.79 Å². The number of thioether (sulfide) groups is 1. The third kappa shape index (κ3) is 5.29. The zero-order chi connectivity index (χ0) is 17.3. The molecule has 0 fully saturated rings. The number of aromatic amines is 1. The van der Waals surface area contributed by atoms with Crippen LogP contribution in [0.3, 0.4) is 0 Å². The van der Waals surface area contributed by atoms with Crippen LogP contribution < -0.4 is 5.43 Å². The van der Waals surface area contributed by atoms with E-state index in [0.717, 1.165) is 11.1 Å². The fourth-order valence-corrected chi connectivity index (χ4v) is 3.22. The van der Waals surface area contributed by atoms with Crippen LogP contribution in [0.4, 0.5) is 0 Å². The first-order valence-electron chi connectivity index (χ1n) is 7.75. The molecule has 0 radical (unpaired) electrons. The van der Waals surface area contributed by atoms with E-state index in [0.29, 0.717) is 5.16 Å². The molecule has 0 aliphatic rings. The number of hydrazone groups is 1. The van der Waals surface area contributed by atoms with E-state index in [-0.39, 0.29) is 17.6 Å². The van der Waals surface area contributed by atoms with Crippen molar-refractivity contribution in [2.24, 2.45) is 5.10 Å².